The van der Waals surface area contributed by atoms with E-state index < -0.39 is 0 Å². The van der Waals surface area contributed by atoms with Crippen molar-refractivity contribution in [3.63, 3.8) is 0 Å². The van der Waals surface area contributed by atoms with E-state index in [9.17, 15) is 4.79 Å². The first-order chi connectivity index (χ1) is 9.20. The molecule has 0 aliphatic heterocycles. The molecule has 4 heteroatoms. The molecular formula is C15H17N3O. The summed E-state index contributed by atoms with van der Waals surface area (Å²) in [6.45, 7) is 4.77. The molecule has 1 aromatic heterocycles. The van der Waals surface area contributed by atoms with Crippen LogP contribution in [-0.4, -0.2) is 17.4 Å². The van der Waals surface area contributed by atoms with Crippen molar-refractivity contribution in [2.24, 2.45) is 0 Å². The lowest BCUT2D eigenvalue weighted by Crippen LogP contribution is -2.14. The number of amides is 1. The van der Waals surface area contributed by atoms with Crippen LogP contribution in [0.2, 0.25) is 0 Å². The third-order valence-electron chi connectivity index (χ3n) is 2.77. The number of benzene rings is 1. The third-order valence-corrected chi connectivity index (χ3v) is 2.77. The van der Waals surface area contributed by atoms with Crippen LogP contribution in [-0.2, 0) is 0 Å². The van der Waals surface area contributed by atoms with Gasteiger partial charge in [-0.25, -0.2) is 0 Å². The first-order valence-electron chi connectivity index (χ1n) is 6.27. The molecule has 1 heterocycles. The zero-order valence-corrected chi connectivity index (χ0v) is 11.1. The minimum Gasteiger partial charge on any atom is -0.385 e. The number of aromatic nitrogens is 1. The van der Waals surface area contributed by atoms with Crippen LogP contribution in [0, 0.1) is 6.92 Å². The minimum atomic E-state index is -0.200. The Morgan fingerprint density at radius 1 is 1.26 bits per heavy atom. The number of pyridine rings is 1. The Labute approximate surface area is 112 Å². The number of aryl methyl sites for hydroxylation is 1. The summed E-state index contributed by atoms with van der Waals surface area (Å²) in [4.78, 5) is 16.2. The van der Waals surface area contributed by atoms with Gasteiger partial charge in [0.15, 0.2) is 0 Å². The Morgan fingerprint density at radius 3 is 2.79 bits per heavy atom. The molecule has 0 fully saturated rings. The number of para-hydroxylation sites is 1. The van der Waals surface area contributed by atoms with Crippen LogP contribution in [0.3, 0.4) is 0 Å². The van der Waals surface area contributed by atoms with E-state index in [4.69, 9.17) is 0 Å². The molecule has 0 atom stereocenters. The fourth-order valence-corrected chi connectivity index (χ4v) is 1.77. The van der Waals surface area contributed by atoms with Gasteiger partial charge in [0.2, 0.25) is 0 Å². The second-order valence-electron chi connectivity index (χ2n) is 4.23. The van der Waals surface area contributed by atoms with Gasteiger partial charge in [-0.05, 0) is 37.6 Å². The van der Waals surface area contributed by atoms with Crippen molar-refractivity contribution in [3.8, 4) is 0 Å². The number of hydrogen-bond donors (Lipinski definition) is 2. The van der Waals surface area contributed by atoms with Crippen molar-refractivity contribution in [1.29, 1.82) is 0 Å². The fraction of sp³-hybridized carbons (Fsp3) is 0.200. The number of nitrogens with zero attached hydrogens (tertiary/aromatic N) is 1. The molecule has 0 spiro atoms. The van der Waals surface area contributed by atoms with Gasteiger partial charge in [-0.1, -0.05) is 18.2 Å². The van der Waals surface area contributed by atoms with E-state index in [1.807, 2.05) is 44.2 Å². The van der Waals surface area contributed by atoms with Crippen LogP contribution in [0.15, 0.2) is 42.6 Å². The first-order valence-corrected chi connectivity index (χ1v) is 6.27. The molecular weight excluding hydrogens is 238 g/mol. The van der Waals surface area contributed by atoms with Crippen molar-refractivity contribution in [3.05, 3.63) is 53.9 Å². The Bertz CT molecular complexity index is 581. The van der Waals surface area contributed by atoms with Crippen molar-refractivity contribution in [2.75, 3.05) is 17.2 Å². The van der Waals surface area contributed by atoms with Gasteiger partial charge in [-0.15, -0.1) is 0 Å². The van der Waals surface area contributed by atoms with Gasteiger partial charge in [0.25, 0.3) is 5.91 Å². The normalized spacial score (nSPS) is 10.0. The highest BCUT2D eigenvalue weighted by atomic mass is 16.1. The lowest BCUT2D eigenvalue weighted by molar-refractivity contribution is 0.102. The van der Waals surface area contributed by atoms with Crippen LogP contribution < -0.4 is 10.6 Å². The van der Waals surface area contributed by atoms with E-state index in [0.29, 0.717) is 5.69 Å². The molecule has 0 aliphatic carbocycles. The van der Waals surface area contributed by atoms with E-state index >= 15 is 0 Å². The van der Waals surface area contributed by atoms with E-state index in [0.717, 1.165) is 23.5 Å². The zero-order chi connectivity index (χ0) is 13.7. The second kappa shape index (κ2) is 6.00. The number of rotatable bonds is 4. The highest BCUT2D eigenvalue weighted by Gasteiger charge is 2.09. The molecule has 98 valence electrons. The summed E-state index contributed by atoms with van der Waals surface area (Å²) in [6, 6.07) is 11.3. The van der Waals surface area contributed by atoms with Crippen molar-refractivity contribution < 1.29 is 4.79 Å². The maximum atomic E-state index is 12.1. The average molecular weight is 255 g/mol. The molecule has 4 nitrogen and oxygen atoms in total. The van der Waals surface area contributed by atoms with Gasteiger partial charge in [-0.3, -0.25) is 9.78 Å². The SMILES string of the molecule is CCNc1ccnc(C(=O)Nc2ccccc2C)c1. The Balaban J connectivity index is 2.16. The predicted molar refractivity (Wildman–Crippen MR) is 77.5 cm³/mol. The highest BCUT2D eigenvalue weighted by molar-refractivity contribution is 6.03. The summed E-state index contributed by atoms with van der Waals surface area (Å²) < 4.78 is 0. The van der Waals surface area contributed by atoms with Crippen LogP contribution in [0.25, 0.3) is 0 Å². The van der Waals surface area contributed by atoms with Crippen molar-refractivity contribution in [1.82, 2.24) is 4.98 Å². The van der Waals surface area contributed by atoms with Gasteiger partial charge in [0, 0.05) is 24.1 Å². The second-order valence-corrected chi connectivity index (χ2v) is 4.23. The Kier molecular flexibility index (Phi) is 4.13. The summed E-state index contributed by atoms with van der Waals surface area (Å²) in [6.07, 6.45) is 1.63. The molecule has 2 N–H and O–H groups in total. The standard InChI is InChI=1S/C15H17N3O/c1-3-16-12-8-9-17-14(10-12)15(19)18-13-7-5-4-6-11(13)2/h4-10H,3H2,1-2H3,(H,16,17)(H,18,19). The lowest BCUT2D eigenvalue weighted by atomic mass is 10.2. The average Bonchev–Trinajstić information content (AvgIpc) is 2.42. The molecule has 1 aromatic carbocycles. The van der Waals surface area contributed by atoms with E-state index in [-0.39, 0.29) is 5.91 Å². The molecule has 0 saturated heterocycles. The van der Waals surface area contributed by atoms with E-state index in [2.05, 4.69) is 15.6 Å². The number of carbonyl (C=O) groups excluding carboxylic acids is 1. The van der Waals surface area contributed by atoms with Crippen LogP contribution in [0.1, 0.15) is 23.0 Å². The molecule has 2 rings (SSSR count). The fourth-order valence-electron chi connectivity index (χ4n) is 1.77. The number of hydrogen-bond acceptors (Lipinski definition) is 3. The number of nitrogens with one attached hydrogen (secondary N) is 2. The molecule has 0 aliphatic rings. The third kappa shape index (κ3) is 3.31. The topological polar surface area (TPSA) is 54.0 Å². The molecule has 0 radical (unpaired) electrons. The summed E-state index contributed by atoms with van der Waals surface area (Å²) in [5.74, 6) is -0.200. The highest BCUT2D eigenvalue weighted by Crippen LogP contribution is 2.15. The monoisotopic (exact) mass is 255 g/mol. The number of anilines is 2. The molecule has 0 bridgehead atoms. The molecule has 19 heavy (non-hydrogen) atoms. The Morgan fingerprint density at radius 2 is 2.05 bits per heavy atom. The van der Waals surface area contributed by atoms with E-state index in [1.165, 1.54) is 0 Å². The van der Waals surface area contributed by atoms with Crippen LogP contribution in [0.5, 0.6) is 0 Å². The van der Waals surface area contributed by atoms with Gasteiger partial charge in [0.1, 0.15) is 5.69 Å². The van der Waals surface area contributed by atoms with Gasteiger partial charge >= 0.3 is 0 Å². The maximum absolute atomic E-state index is 12.1. The minimum absolute atomic E-state index is 0.200. The maximum Gasteiger partial charge on any atom is 0.274 e. The predicted octanol–water partition coefficient (Wildman–Crippen LogP) is 3.07. The van der Waals surface area contributed by atoms with Gasteiger partial charge in [0.05, 0.1) is 0 Å². The zero-order valence-electron chi connectivity index (χ0n) is 11.1. The summed E-state index contributed by atoms with van der Waals surface area (Å²) >= 11 is 0. The van der Waals surface area contributed by atoms with Crippen LogP contribution >= 0.6 is 0 Å². The largest absolute Gasteiger partial charge is 0.385 e. The van der Waals surface area contributed by atoms with Crippen molar-refractivity contribution in [2.45, 2.75) is 13.8 Å². The smallest absolute Gasteiger partial charge is 0.274 e. The van der Waals surface area contributed by atoms with Gasteiger partial charge in [-0.2, -0.15) is 0 Å². The number of carbonyl (C=O) groups is 1. The molecule has 0 saturated carbocycles. The van der Waals surface area contributed by atoms with Gasteiger partial charge < -0.3 is 10.6 Å². The molecule has 1 amide bonds. The lowest BCUT2D eigenvalue weighted by Gasteiger charge is -2.08. The quantitative estimate of drug-likeness (QED) is 0.882. The Hall–Kier alpha value is -2.36. The summed E-state index contributed by atoms with van der Waals surface area (Å²) in [5, 5.41) is 6.02. The molecule has 2 aromatic rings. The van der Waals surface area contributed by atoms with Crippen LogP contribution in [0.4, 0.5) is 11.4 Å². The van der Waals surface area contributed by atoms with Crippen molar-refractivity contribution >= 4 is 17.3 Å². The summed E-state index contributed by atoms with van der Waals surface area (Å²) in [7, 11) is 0. The summed E-state index contributed by atoms with van der Waals surface area (Å²) in [5.41, 5.74) is 3.14. The molecule has 0 unspecified atom stereocenters. The first kappa shape index (κ1) is 13.1. The van der Waals surface area contributed by atoms with E-state index in [1.54, 1.807) is 12.3 Å².